The molecule has 0 fully saturated rings. The molecule has 2 aromatic heterocycles. The van der Waals surface area contributed by atoms with Gasteiger partial charge in [-0.1, -0.05) is 54.2 Å². The van der Waals surface area contributed by atoms with Crippen molar-refractivity contribution in [1.29, 1.82) is 0 Å². The van der Waals surface area contributed by atoms with Gasteiger partial charge in [-0.2, -0.15) is 0 Å². The number of carboxylic acid groups (broad SMARTS) is 1. The zero-order chi connectivity index (χ0) is 46.9. The van der Waals surface area contributed by atoms with Crippen LogP contribution in [-0.2, 0) is 52.4 Å². The molecule has 4 aromatic rings. The number of hydrogen-bond acceptors (Lipinski definition) is 14. The van der Waals surface area contributed by atoms with Crippen LogP contribution in [0.4, 0.5) is 5.13 Å². The van der Waals surface area contributed by atoms with Gasteiger partial charge in [-0.3, -0.25) is 28.7 Å². The van der Waals surface area contributed by atoms with Gasteiger partial charge < -0.3 is 36.6 Å². The summed E-state index contributed by atoms with van der Waals surface area (Å²) in [4.78, 5) is 63.5. The molecule has 20 nitrogen and oxygen atoms in total. The smallest absolute Gasteiger partial charge is 0.307 e. The summed E-state index contributed by atoms with van der Waals surface area (Å²) in [6.45, 7) is 6.39. The van der Waals surface area contributed by atoms with E-state index < -0.39 is 43.6 Å². The lowest BCUT2D eigenvalue weighted by atomic mass is 9.73. The number of unbranched alkanes of at least 4 members (excludes halogenated alkanes) is 2. The van der Waals surface area contributed by atoms with Crippen LogP contribution in [-0.4, -0.2) is 97.2 Å². The number of rotatable bonds is 27. The van der Waals surface area contributed by atoms with E-state index in [0.717, 1.165) is 11.1 Å². The number of aryl methyl sites for hydroxylation is 2. The number of anilines is 1. The van der Waals surface area contributed by atoms with E-state index in [1.54, 1.807) is 73.3 Å². The molecule has 0 saturated heterocycles. The highest BCUT2D eigenvalue weighted by atomic mass is 32.2. The summed E-state index contributed by atoms with van der Waals surface area (Å²) in [5.74, 6) is -3.35. The second-order valence-electron chi connectivity index (χ2n) is 16.1. The van der Waals surface area contributed by atoms with E-state index in [0.29, 0.717) is 81.5 Å². The highest BCUT2D eigenvalue weighted by Crippen LogP contribution is 2.37. The fraction of sp³-hybridized carbons (Fsp3) is 0.500. The molecule has 9 N–H and O–H groups in total. The zero-order valence-corrected chi connectivity index (χ0v) is 37.8. The summed E-state index contributed by atoms with van der Waals surface area (Å²) < 4.78 is 24.0. The fourth-order valence-electron chi connectivity index (χ4n) is 6.92. The molecule has 4 amide bonds. The Morgan fingerprint density at radius 1 is 0.812 bits per heavy atom. The van der Waals surface area contributed by atoms with Crippen molar-refractivity contribution >= 4 is 56.1 Å². The first-order valence-electron chi connectivity index (χ1n) is 21.1. The number of carbonyl (C=O) groups excluding carboxylic acids is 4. The van der Waals surface area contributed by atoms with Crippen LogP contribution in [0.3, 0.4) is 0 Å². The van der Waals surface area contributed by atoms with Gasteiger partial charge in [0.05, 0.1) is 11.6 Å². The van der Waals surface area contributed by atoms with E-state index in [-0.39, 0.29) is 66.1 Å². The molecule has 348 valence electrons. The highest BCUT2D eigenvalue weighted by molar-refractivity contribution is 7.91. The van der Waals surface area contributed by atoms with Gasteiger partial charge >= 0.3 is 5.97 Å². The Hall–Kier alpha value is -6.00. The van der Waals surface area contributed by atoms with Gasteiger partial charge in [0, 0.05) is 50.0 Å². The van der Waals surface area contributed by atoms with Crippen molar-refractivity contribution in [2.75, 3.05) is 11.9 Å². The molecule has 2 atom stereocenters. The van der Waals surface area contributed by atoms with E-state index in [1.807, 2.05) is 6.92 Å². The first-order valence-corrected chi connectivity index (χ1v) is 23.4. The number of hydrogen-bond donors (Lipinski definition) is 8. The SMILES string of the molecule is CC(C)NC(=O)[C@H](CCCCn1cc(CCCC(=O)Nc2nnc(S(N)(=O)=O)s2)nn1)NC(=O)CC(CCCCNC(=O)CCC(C)(c1ccc(O)cc1)c1ccc(O)cc1)C(=O)O. The van der Waals surface area contributed by atoms with Crippen LogP contribution in [0.25, 0.3) is 0 Å². The number of primary sulfonamides is 1. The molecule has 4 rings (SSSR count). The summed E-state index contributed by atoms with van der Waals surface area (Å²) in [6, 6.07) is 12.5. The molecule has 0 aliphatic carbocycles. The summed E-state index contributed by atoms with van der Waals surface area (Å²) in [5.41, 5.74) is 1.87. The lowest BCUT2D eigenvalue weighted by Crippen LogP contribution is -2.49. The average molecular weight is 927 g/mol. The standard InChI is InChI=1S/C42H58N10O10S2/c1-27(2)45-38(58)34(11-5-7-24-52-26-31(48-51-52)10-8-12-36(56)47-40-49-50-41(63-40)64(43,61)62)46-37(57)25-28(39(59)60)9-4-6-23-44-35(55)21-22-42(3,29-13-17-32(53)18-14-29)30-15-19-33(54)20-16-30/h13-20,26-28,34,53-54H,4-12,21-25H2,1-3H3,(H,44,55)(H,45,58)(H,46,57)(H,59,60)(H2,43,61,62)(H,47,49,56)/t28?,34-/m0/s1. The summed E-state index contributed by atoms with van der Waals surface area (Å²) >= 11 is 0.653. The molecule has 2 heterocycles. The number of benzene rings is 2. The second-order valence-corrected chi connectivity index (χ2v) is 18.8. The van der Waals surface area contributed by atoms with Gasteiger partial charge in [0.2, 0.25) is 33.1 Å². The van der Waals surface area contributed by atoms with Crippen LogP contribution in [0.15, 0.2) is 59.1 Å². The largest absolute Gasteiger partial charge is 0.508 e. The summed E-state index contributed by atoms with van der Waals surface area (Å²) in [5, 5.41) is 60.8. The van der Waals surface area contributed by atoms with Crippen LogP contribution in [0.5, 0.6) is 11.5 Å². The monoisotopic (exact) mass is 926 g/mol. The molecule has 1 unspecified atom stereocenters. The van der Waals surface area contributed by atoms with E-state index in [2.05, 4.69) is 41.8 Å². The average Bonchev–Trinajstić information content (AvgIpc) is 3.90. The van der Waals surface area contributed by atoms with Crippen molar-refractivity contribution in [2.45, 2.75) is 126 Å². The minimum atomic E-state index is -4.01. The number of aromatic hydroxyl groups is 2. The molecule has 64 heavy (non-hydrogen) atoms. The Kier molecular flexibility index (Phi) is 19.1. The van der Waals surface area contributed by atoms with Crippen LogP contribution in [0.1, 0.15) is 108 Å². The quantitative estimate of drug-likeness (QED) is 0.0314. The number of nitrogens with one attached hydrogen (secondary N) is 4. The number of phenolic OH excluding ortho intramolecular Hbond substituents is 2. The highest BCUT2D eigenvalue weighted by Gasteiger charge is 2.30. The van der Waals surface area contributed by atoms with Gasteiger partial charge in [0.25, 0.3) is 10.0 Å². The van der Waals surface area contributed by atoms with Crippen molar-refractivity contribution in [3.05, 3.63) is 71.5 Å². The van der Waals surface area contributed by atoms with E-state index in [1.165, 1.54) is 0 Å². The van der Waals surface area contributed by atoms with E-state index in [4.69, 9.17) is 5.14 Å². The van der Waals surface area contributed by atoms with Crippen LogP contribution in [0, 0.1) is 5.92 Å². The van der Waals surface area contributed by atoms with Crippen LogP contribution >= 0.6 is 11.3 Å². The molecule has 0 bridgehead atoms. The van der Waals surface area contributed by atoms with Crippen LogP contribution in [0.2, 0.25) is 0 Å². The molecule has 0 aliphatic heterocycles. The zero-order valence-electron chi connectivity index (χ0n) is 36.2. The number of nitrogens with zero attached hydrogens (tertiary/aromatic N) is 5. The van der Waals surface area contributed by atoms with E-state index >= 15 is 0 Å². The van der Waals surface area contributed by atoms with Crippen LogP contribution < -0.4 is 26.4 Å². The predicted molar refractivity (Wildman–Crippen MR) is 236 cm³/mol. The first kappa shape index (κ1) is 50.6. The minimum Gasteiger partial charge on any atom is -0.508 e. The number of carboxylic acids is 1. The molecule has 2 aromatic carbocycles. The lowest BCUT2D eigenvalue weighted by Gasteiger charge is -2.31. The van der Waals surface area contributed by atoms with Gasteiger partial charge in [-0.15, -0.1) is 15.3 Å². The Morgan fingerprint density at radius 3 is 2.05 bits per heavy atom. The normalized spacial score (nSPS) is 12.6. The van der Waals surface area contributed by atoms with Crippen molar-refractivity contribution in [3.63, 3.8) is 0 Å². The number of nitrogens with two attached hydrogens (primary N) is 1. The fourth-order valence-corrected chi connectivity index (χ4v) is 8.27. The number of phenols is 2. The lowest BCUT2D eigenvalue weighted by molar-refractivity contribution is -0.144. The second kappa shape index (κ2) is 24.2. The number of aliphatic carboxylic acids is 1. The first-order chi connectivity index (χ1) is 30.3. The maximum Gasteiger partial charge on any atom is 0.307 e. The topological polar surface area (TPSA) is 311 Å². The van der Waals surface area contributed by atoms with Crippen molar-refractivity contribution in [1.82, 2.24) is 41.1 Å². The van der Waals surface area contributed by atoms with Gasteiger partial charge in [-0.05, 0) is 101 Å². The third-order valence-corrected chi connectivity index (χ3v) is 12.6. The maximum absolute atomic E-state index is 13.1. The molecular weight excluding hydrogens is 869 g/mol. The van der Waals surface area contributed by atoms with Gasteiger partial charge in [0.15, 0.2) is 0 Å². The minimum absolute atomic E-state index is 0.0216. The number of aromatic nitrogens is 5. The molecule has 0 saturated carbocycles. The molecule has 0 aliphatic rings. The van der Waals surface area contributed by atoms with Crippen molar-refractivity contribution < 1.29 is 47.7 Å². The summed E-state index contributed by atoms with van der Waals surface area (Å²) in [7, 11) is -4.01. The molecule has 0 spiro atoms. The summed E-state index contributed by atoms with van der Waals surface area (Å²) in [6.07, 6.45) is 5.65. The third-order valence-electron chi connectivity index (χ3n) is 10.5. The van der Waals surface area contributed by atoms with Gasteiger partial charge in [0.1, 0.15) is 17.5 Å². The molecule has 22 heteroatoms. The van der Waals surface area contributed by atoms with Crippen molar-refractivity contribution in [3.8, 4) is 11.5 Å². The Balaban J connectivity index is 1.17. The molecule has 0 radical (unpaired) electrons. The number of carbonyl (C=O) groups is 5. The number of amides is 4. The Morgan fingerprint density at radius 2 is 1.45 bits per heavy atom. The number of sulfonamides is 1. The third kappa shape index (κ3) is 16.6. The van der Waals surface area contributed by atoms with Gasteiger partial charge in [-0.25, -0.2) is 13.6 Å². The Bertz CT molecular complexity index is 2240. The predicted octanol–water partition coefficient (Wildman–Crippen LogP) is 3.49. The maximum atomic E-state index is 13.1. The molecular formula is C42H58N10O10S2. The van der Waals surface area contributed by atoms with E-state index in [9.17, 15) is 47.7 Å². The van der Waals surface area contributed by atoms with Crippen molar-refractivity contribution in [2.24, 2.45) is 11.1 Å². The Labute approximate surface area is 375 Å².